The molecule has 2 aromatic rings. The molecule has 0 radical (unpaired) electrons. The topological polar surface area (TPSA) is 32.8 Å². The van der Waals surface area contributed by atoms with Crippen molar-refractivity contribution in [2.75, 3.05) is 32.8 Å². The Labute approximate surface area is 180 Å². The lowest BCUT2D eigenvalue weighted by Gasteiger charge is -2.41. The number of hydrogen-bond donors (Lipinski definition) is 0. The molecule has 0 spiro atoms. The molecule has 1 saturated carbocycles. The number of nitrogens with zero attached hydrogens (tertiary/aromatic N) is 2. The molecule has 0 amide bonds. The van der Waals surface area contributed by atoms with Gasteiger partial charge in [0.15, 0.2) is 0 Å². The molecular formula is C26H34N2O2. The summed E-state index contributed by atoms with van der Waals surface area (Å²) in [6, 6.07) is 17.3. The third-order valence-corrected chi connectivity index (χ3v) is 6.59. The first-order chi connectivity index (χ1) is 14.7. The van der Waals surface area contributed by atoms with Crippen molar-refractivity contribution in [1.29, 1.82) is 0 Å². The Morgan fingerprint density at radius 3 is 2.40 bits per heavy atom. The number of rotatable bonds is 6. The predicted octanol–water partition coefficient (Wildman–Crippen LogP) is 4.98. The molecule has 0 aromatic heterocycles. The Hall–Kier alpha value is -2.17. The summed E-state index contributed by atoms with van der Waals surface area (Å²) in [5.74, 6) is -0.236. The molecule has 0 atom stereocenters. The average molecular weight is 407 g/mol. The van der Waals surface area contributed by atoms with Crippen LogP contribution in [0.4, 0.5) is 0 Å². The van der Waals surface area contributed by atoms with Gasteiger partial charge in [0, 0.05) is 38.8 Å². The van der Waals surface area contributed by atoms with Gasteiger partial charge in [-0.25, -0.2) is 4.79 Å². The second-order valence-corrected chi connectivity index (χ2v) is 8.56. The van der Waals surface area contributed by atoms with Gasteiger partial charge in [0.25, 0.3) is 0 Å². The Morgan fingerprint density at radius 2 is 1.70 bits per heavy atom. The molecule has 0 bridgehead atoms. The van der Waals surface area contributed by atoms with Gasteiger partial charge in [-0.05, 0) is 48.6 Å². The van der Waals surface area contributed by atoms with Crippen molar-refractivity contribution in [3.05, 3.63) is 59.7 Å². The monoisotopic (exact) mass is 406 g/mol. The van der Waals surface area contributed by atoms with Crippen molar-refractivity contribution in [2.24, 2.45) is 0 Å². The van der Waals surface area contributed by atoms with E-state index in [0.717, 1.165) is 38.8 Å². The predicted molar refractivity (Wildman–Crippen MR) is 122 cm³/mol. The molecule has 160 valence electrons. The fraction of sp³-hybridized carbons (Fsp3) is 0.500. The van der Waals surface area contributed by atoms with Crippen molar-refractivity contribution < 1.29 is 9.53 Å². The van der Waals surface area contributed by atoms with Crippen molar-refractivity contribution in [2.45, 2.75) is 51.6 Å². The van der Waals surface area contributed by atoms with Crippen LogP contribution in [0.1, 0.15) is 54.9 Å². The van der Waals surface area contributed by atoms with E-state index in [-0.39, 0.29) is 5.97 Å². The fourth-order valence-electron chi connectivity index (χ4n) is 4.94. The van der Waals surface area contributed by atoms with Crippen LogP contribution in [0.2, 0.25) is 0 Å². The Kier molecular flexibility index (Phi) is 7.19. The summed E-state index contributed by atoms with van der Waals surface area (Å²) in [7, 11) is 0. The van der Waals surface area contributed by atoms with Gasteiger partial charge in [-0.3, -0.25) is 9.80 Å². The Morgan fingerprint density at radius 1 is 0.967 bits per heavy atom. The molecule has 1 heterocycles. The molecular weight excluding hydrogens is 372 g/mol. The maximum atomic E-state index is 12.3. The summed E-state index contributed by atoms with van der Waals surface area (Å²) >= 11 is 0. The number of carbonyl (C=O) groups is 1. The van der Waals surface area contributed by atoms with E-state index in [1.807, 2.05) is 25.1 Å². The molecule has 4 heteroatoms. The van der Waals surface area contributed by atoms with Crippen molar-refractivity contribution in [1.82, 2.24) is 9.80 Å². The van der Waals surface area contributed by atoms with Crippen LogP contribution in [0.3, 0.4) is 0 Å². The van der Waals surface area contributed by atoms with Gasteiger partial charge >= 0.3 is 5.97 Å². The van der Waals surface area contributed by atoms with Crippen LogP contribution < -0.4 is 0 Å². The summed E-state index contributed by atoms with van der Waals surface area (Å²) < 4.78 is 5.24. The summed E-state index contributed by atoms with van der Waals surface area (Å²) in [5.41, 5.74) is 4.26. The standard InChI is InChI=1S/C26H34N2O2/c1-2-30-26(29)22-13-14-25(21-9-5-3-6-10-21)23(19-22)20-27-15-17-28(18-16-27)24-11-7-4-8-12-24/h3,5-6,9-10,13-14,19,24H,2,4,7-8,11-12,15-18,20H2,1H3. The van der Waals surface area contributed by atoms with E-state index in [4.69, 9.17) is 4.74 Å². The molecule has 2 aliphatic rings. The van der Waals surface area contributed by atoms with E-state index in [9.17, 15) is 4.79 Å². The maximum Gasteiger partial charge on any atom is 0.338 e. The highest BCUT2D eigenvalue weighted by Gasteiger charge is 2.25. The van der Waals surface area contributed by atoms with Crippen LogP contribution >= 0.6 is 0 Å². The zero-order valence-electron chi connectivity index (χ0n) is 18.2. The van der Waals surface area contributed by atoms with Crippen LogP contribution in [0.25, 0.3) is 11.1 Å². The second-order valence-electron chi connectivity index (χ2n) is 8.56. The van der Waals surface area contributed by atoms with Crippen LogP contribution in [0, 0.1) is 0 Å². The Balaban J connectivity index is 1.49. The highest BCUT2D eigenvalue weighted by Crippen LogP contribution is 2.28. The molecule has 1 aliphatic heterocycles. The molecule has 2 aromatic carbocycles. The smallest absolute Gasteiger partial charge is 0.338 e. The lowest BCUT2D eigenvalue weighted by molar-refractivity contribution is 0.0525. The number of carbonyl (C=O) groups excluding carboxylic acids is 1. The highest BCUT2D eigenvalue weighted by molar-refractivity contribution is 5.90. The molecule has 4 nitrogen and oxygen atoms in total. The zero-order valence-corrected chi connectivity index (χ0v) is 18.2. The van der Waals surface area contributed by atoms with E-state index < -0.39 is 0 Å². The van der Waals surface area contributed by atoms with Crippen LogP contribution in [0.15, 0.2) is 48.5 Å². The van der Waals surface area contributed by atoms with Gasteiger partial charge in [0.05, 0.1) is 12.2 Å². The van der Waals surface area contributed by atoms with Gasteiger partial charge in [0.2, 0.25) is 0 Å². The van der Waals surface area contributed by atoms with Gasteiger partial charge in [-0.1, -0.05) is 55.7 Å². The highest BCUT2D eigenvalue weighted by atomic mass is 16.5. The third kappa shape index (κ3) is 5.11. The minimum atomic E-state index is -0.236. The van der Waals surface area contributed by atoms with Gasteiger partial charge in [-0.15, -0.1) is 0 Å². The normalized spacial score (nSPS) is 19.0. The number of benzene rings is 2. The molecule has 2 fully saturated rings. The van der Waals surface area contributed by atoms with E-state index in [1.54, 1.807) is 0 Å². The number of hydrogen-bond acceptors (Lipinski definition) is 4. The molecule has 4 rings (SSSR count). The first-order valence-electron chi connectivity index (χ1n) is 11.6. The molecule has 0 unspecified atom stereocenters. The van der Waals surface area contributed by atoms with Crippen molar-refractivity contribution in [3.8, 4) is 11.1 Å². The van der Waals surface area contributed by atoms with Gasteiger partial charge in [-0.2, -0.15) is 0 Å². The summed E-state index contributed by atoms with van der Waals surface area (Å²) in [6.45, 7) is 7.62. The number of piperazine rings is 1. The minimum Gasteiger partial charge on any atom is -0.462 e. The fourth-order valence-corrected chi connectivity index (χ4v) is 4.94. The molecule has 30 heavy (non-hydrogen) atoms. The van der Waals surface area contributed by atoms with E-state index in [2.05, 4.69) is 40.1 Å². The average Bonchev–Trinajstić information content (AvgIpc) is 2.81. The van der Waals surface area contributed by atoms with Crippen molar-refractivity contribution in [3.63, 3.8) is 0 Å². The van der Waals surface area contributed by atoms with E-state index in [1.165, 1.54) is 48.8 Å². The summed E-state index contributed by atoms with van der Waals surface area (Å²) in [6.07, 6.45) is 6.95. The number of ether oxygens (including phenoxy) is 1. The lowest BCUT2D eigenvalue weighted by atomic mass is 9.93. The largest absolute Gasteiger partial charge is 0.462 e. The lowest BCUT2D eigenvalue weighted by Crippen LogP contribution is -2.50. The Bertz CT molecular complexity index is 822. The van der Waals surface area contributed by atoms with Crippen molar-refractivity contribution >= 4 is 5.97 Å². The summed E-state index contributed by atoms with van der Waals surface area (Å²) in [5, 5.41) is 0. The third-order valence-electron chi connectivity index (χ3n) is 6.59. The quantitative estimate of drug-likeness (QED) is 0.634. The molecule has 0 N–H and O–H groups in total. The second kappa shape index (κ2) is 10.2. The molecule has 1 aliphatic carbocycles. The van der Waals surface area contributed by atoms with Crippen LogP contribution in [-0.4, -0.2) is 54.6 Å². The SMILES string of the molecule is CCOC(=O)c1ccc(-c2ccccc2)c(CN2CCN(C3CCCCC3)CC2)c1. The summed E-state index contributed by atoms with van der Waals surface area (Å²) in [4.78, 5) is 17.6. The maximum absolute atomic E-state index is 12.3. The number of esters is 1. The van der Waals surface area contributed by atoms with E-state index in [0.29, 0.717) is 12.2 Å². The molecule has 1 saturated heterocycles. The first kappa shape index (κ1) is 21.1. The van der Waals surface area contributed by atoms with Gasteiger partial charge in [0.1, 0.15) is 0 Å². The first-order valence-corrected chi connectivity index (χ1v) is 11.6. The minimum absolute atomic E-state index is 0.236. The van der Waals surface area contributed by atoms with Gasteiger partial charge < -0.3 is 4.74 Å². The zero-order chi connectivity index (χ0) is 20.8. The van der Waals surface area contributed by atoms with Crippen LogP contribution in [-0.2, 0) is 11.3 Å². The van der Waals surface area contributed by atoms with E-state index >= 15 is 0 Å². The van der Waals surface area contributed by atoms with Crippen LogP contribution in [0.5, 0.6) is 0 Å².